The predicted octanol–water partition coefficient (Wildman–Crippen LogP) is 2.95. The fraction of sp³-hybridized carbons (Fsp3) is 0.350. The number of sulfonamides is 1. The van der Waals surface area contributed by atoms with Crippen LogP contribution in [0, 0.1) is 10.1 Å². The van der Waals surface area contributed by atoms with Gasteiger partial charge in [-0.15, -0.1) is 0 Å². The van der Waals surface area contributed by atoms with E-state index in [0.29, 0.717) is 0 Å². The van der Waals surface area contributed by atoms with Crippen molar-refractivity contribution >= 4 is 27.3 Å². The first-order valence-corrected chi connectivity index (χ1v) is 11.3. The first-order valence-electron chi connectivity index (χ1n) is 9.86. The van der Waals surface area contributed by atoms with Gasteiger partial charge >= 0.3 is 6.18 Å². The van der Waals surface area contributed by atoms with Crippen LogP contribution in [0.25, 0.3) is 0 Å². The summed E-state index contributed by atoms with van der Waals surface area (Å²) >= 11 is 0. The van der Waals surface area contributed by atoms with Crippen molar-refractivity contribution < 1.29 is 31.3 Å². The molecule has 2 aromatic rings. The van der Waals surface area contributed by atoms with Crippen molar-refractivity contribution in [3.8, 4) is 0 Å². The van der Waals surface area contributed by atoms with Crippen molar-refractivity contribution in [1.29, 1.82) is 0 Å². The number of alkyl halides is 3. The second-order valence-corrected chi connectivity index (χ2v) is 9.37. The van der Waals surface area contributed by atoms with E-state index < -0.39 is 38.6 Å². The van der Waals surface area contributed by atoms with Crippen molar-refractivity contribution in [1.82, 2.24) is 9.21 Å². The Morgan fingerprint density at radius 1 is 1.09 bits per heavy atom. The standard InChI is InChI=1S/C20H21F3N4O5S/c1-14(19(28)24-16-3-2-4-17(13-16)27(29)30)25-9-11-26(12-10-25)33(31,32)18-7-5-15(6-8-18)20(21,22)23/h2-8,13-14H,9-12H2,1H3,(H,24,28). The molecule has 2 aromatic carbocycles. The third-order valence-corrected chi connectivity index (χ3v) is 7.26. The normalized spacial score (nSPS) is 16.8. The molecule has 1 aliphatic heterocycles. The Balaban J connectivity index is 1.61. The zero-order valence-corrected chi connectivity index (χ0v) is 18.3. The van der Waals surface area contributed by atoms with Gasteiger partial charge in [0, 0.05) is 44.0 Å². The molecule has 1 atom stereocenters. The van der Waals surface area contributed by atoms with Crippen molar-refractivity contribution in [2.24, 2.45) is 0 Å². The van der Waals surface area contributed by atoms with E-state index in [9.17, 15) is 36.5 Å². The zero-order valence-electron chi connectivity index (χ0n) is 17.4. The number of carbonyl (C=O) groups is 1. The molecule has 1 unspecified atom stereocenters. The maximum absolute atomic E-state index is 12.8. The third-order valence-electron chi connectivity index (χ3n) is 5.34. The molecular weight excluding hydrogens is 465 g/mol. The summed E-state index contributed by atoms with van der Waals surface area (Å²) in [5.41, 5.74) is -0.832. The minimum atomic E-state index is -4.56. The maximum Gasteiger partial charge on any atom is 0.416 e. The molecule has 3 rings (SSSR count). The molecule has 33 heavy (non-hydrogen) atoms. The first-order chi connectivity index (χ1) is 15.4. The molecule has 0 aliphatic carbocycles. The second kappa shape index (κ2) is 9.45. The smallest absolute Gasteiger partial charge is 0.324 e. The maximum atomic E-state index is 12.8. The summed E-state index contributed by atoms with van der Waals surface area (Å²) in [5, 5.41) is 13.5. The number of carbonyl (C=O) groups excluding carboxylic acids is 1. The molecule has 1 N–H and O–H groups in total. The van der Waals surface area contributed by atoms with Crippen LogP contribution in [0.5, 0.6) is 0 Å². The van der Waals surface area contributed by atoms with Gasteiger partial charge in [-0.3, -0.25) is 19.8 Å². The predicted molar refractivity (Wildman–Crippen MR) is 113 cm³/mol. The average Bonchev–Trinajstić information content (AvgIpc) is 2.78. The molecule has 1 amide bonds. The lowest BCUT2D eigenvalue weighted by Crippen LogP contribution is -2.53. The highest BCUT2D eigenvalue weighted by Gasteiger charge is 2.34. The van der Waals surface area contributed by atoms with Gasteiger partial charge in [-0.2, -0.15) is 17.5 Å². The number of piperazine rings is 1. The van der Waals surface area contributed by atoms with E-state index in [1.807, 2.05) is 0 Å². The molecule has 0 spiro atoms. The number of halogens is 3. The average molecular weight is 486 g/mol. The lowest BCUT2D eigenvalue weighted by atomic mass is 10.2. The number of rotatable bonds is 6. The van der Waals surface area contributed by atoms with E-state index in [4.69, 9.17) is 0 Å². The summed E-state index contributed by atoms with van der Waals surface area (Å²) in [5.74, 6) is -0.408. The molecule has 0 saturated carbocycles. The fourth-order valence-corrected chi connectivity index (χ4v) is 4.83. The van der Waals surface area contributed by atoms with Crippen LogP contribution < -0.4 is 5.32 Å². The Morgan fingerprint density at radius 2 is 1.70 bits per heavy atom. The molecule has 0 aromatic heterocycles. The molecule has 1 aliphatic rings. The van der Waals surface area contributed by atoms with Gasteiger partial charge in [0.05, 0.1) is 21.4 Å². The van der Waals surface area contributed by atoms with Crippen molar-refractivity contribution in [3.63, 3.8) is 0 Å². The van der Waals surface area contributed by atoms with Crippen LogP contribution in [-0.4, -0.2) is 60.7 Å². The highest BCUT2D eigenvalue weighted by atomic mass is 32.2. The van der Waals surface area contributed by atoms with Crippen LogP contribution in [0.2, 0.25) is 0 Å². The number of nitro benzene ring substituents is 1. The fourth-order valence-electron chi connectivity index (χ4n) is 3.41. The molecule has 9 nitrogen and oxygen atoms in total. The number of hydrogen-bond donors (Lipinski definition) is 1. The number of amides is 1. The van der Waals surface area contributed by atoms with Gasteiger partial charge in [-0.05, 0) is 37.3 Å². The lowest BCUT2D eigenvalue weighted by molar-refractivity contribution is -0.384. The van der Waals surface area contributed by atoms with Crippen LogP contribution >= 0.6 is 0 Å². The van der Waals surface area contributed by atoms with Crippen LogP contribution in [0.1, 0.15) is 12.5 Å². The van der Waals surface area contributed by atoms with Crippen molar-refractivity contribution in [3.05, 3.63) is 64.2 Å². The SMILES string of the molecule is CC(C(=O)Nc1cccc([N+](=O)[O-])c1)N1CCN(S(=O)(=O)c2ccc(C(F)(F)F)cc2)CC1. The number of anilines is 1. The highest BCUT2D eigenvalue weighted by Crippen LogP contribution is 2.30. The van der Waals surface area contributed by atoms with E-state index in [-0.39, 0.29) is 42.4 Å². The highest BCUT2D eigenvalue weighted by molar-refractivity contribution is 7.89. The van der Waals surface area contributed by atoms with Gasteiger partial charge in [-0.1, -0.05) is 6.07 Å². The molecule has 0 radical (unpaired) electrons. The molecule has 178 valence electrons. The number of non-ortho nitro benzene ring substituents is 1. The summed E-state index contributed by atoms with van der Waals surface area (Å²) < 4.78 is 64.9. The van der Waals surface area contributed by atoms with Crippen LogP contribution in [0.3, 0.4) is 0 Å². The van der Waals surface area contributed by atoms with Crippen LogP contribution in [0.4, 0.5) is 24.5 Å². The molecule has 1 heterocycles. The second-order valence-electron chi connectivity index (χ2n) is 7.43. The number of hydrogen-bond acceptors (Lipinski definition) is 6. The van der Waals surface area contributed by atoms with E-state index in [1.165, 1.54) is 24.3 Å². The van der Waals surface area contributed by atoms with E-state index in [2.05, 4.69) is 5.32 Å². The van der Waals surface area contributed by atoms with E-state index in [1.54, 1.807) is 11.8 Å². The minimum absolute atomic E-state index is 0.0534. The van der Waals surface area contributed by atoms with E-state index in [0.717, 1.165) is 28.6 Å². The number of benzene rings is 2. The lowest BCUT2D eigenvalue weighted by Gasteiger charge is -2.36. The summed E-state index contributed by atoms with van der Waals surface area (Å²) in [6.07, 6.45) is -4.56. The molecule has 1 saturated heterocycles. The van der Waals surface area contributed by atoms with Gasteiger partial charge in [0.2, 0.25) is 15.9 Å². The molecule has 1 fully saturated rings. The van der Waals surface area contributed by atoms with Gasteiger partial charge in [-0.25, -0.2) is 8.42 Å². The van der Waals surface area contributed by atoms with Gasteiger partial charge < -0.3 is 5.32 Å². The zero-order chi connectivity index (χ0) is 24.4. The van der Waals surface area contributed by atoms with Crippen molar-refractivity contribution in [2.45, 2.75) is 24.0 Å². The first kappa shape index (κ1) is 24.6. The van der Waals surface area contributed by atoms with Gasteiger partial charge in [0.1, 0.15) is 0 Å². The number of nitro groups is 1. The molecule has 0 bridgehead atoms. The minimum Gasteiger partial charge on any atom is -0.324 e. The largest absolute Gasteiger partial charge is 0.416 e. The molecule has 13 heteroatoms. The molecular formula is C20H21F3N4O5S. The summed E-state index contributed by atoms with van der Waals surface area (Å²) in [7, 11) is -3.98. The Kier molecular flexibility index (Phi) is 7.05. The summed E-state index contributed by atoms with van der Waals surface area (Å²) in [4.78, 5) is 24.4. The summed E-state index contributed by atoms with van der Waals surface area (Å²) in [6.45, 7) is 2.19. The Labute approximate surface area is 188 Å². The summed E-state index contributed by atoms with van der Waals surface area (Å²) in [6, 6.07) is 8.18. The Morgan fingerprint density at radius 3 is 2.24 bits per heavy atom. The van der Waals surface area contributed by atoms with Gasteiger partial charge in [0.15, 0.2) is 0 Å². The van der Waals surface area contributed by atoms with Crippen LogP contribution in [-0.2, 0) is 21.0 Å². The number of nitrogens with one attached hydrogen (secondary N) is 1. The van der Waals surface area contributed by atoms with Crippen molar-refractivity contribution in [2.75, 3.05) is 31.5 Å². The third kappa shape index (κ3) is 5.67. The van der Waals surface area contributed by atoms with Gasteiger partial charge in [0.25, 0.3) is 5.69 Å². The Hall–Kier alpha value is -3.03. The topological polar surface area (TPSA) is 113 Å². The quantitative estimate of drug-likeness (QED) is 0.496. The number of nitrogens with zero attached hydrogens (tertiary/aromatic N) is 3. The van der Waals surface area contributed by atoms with E-state index >= 15 is 0 Å². The monoisotopic (exact) mass is 486 g/mol. The Bertz CT molecular complexity index is 1130. The van der Waals surface area contributed by atoms with Crippen LogP contribution in [0.15, 0.2) is 53.4 Å².